The van der Waals surface area contributed by atoms with E-state index >= 15 is 0 Å². The van der Waals surface area contributed by atoms with Crippen LogP contribution in [0.2, 0.25) is 0 Å². The van der Waals surface area contributed by atoms with Crippen molar-refractivity contribution >= 4 is 23.1 Å². The zero-order chi connectivity index (χ0) is 21.9. The Hall–Kier alpha value is -3.29. The number of ether oxygens (including phenoxy) is 1. The van der Waals surface area contributed by atoms with Crippen LogP contribution in [0.1, 0.15) is 31.9 Å². The van der Waals surface area contributed by atoms with Crippen LogP contribution in [0.5, 0.6) is 5.75 Å². The molecule has 8 heteroatoms. The van der Waals surface area contributed by atoms with Crippen LogP contribution in [0, 0.1) is 6.92 Å². The van der Waals surface area contributed by atoms with Crippen molar-refractivity contribution in [1.82, 2.24) is 9.97 Å². The predicted octanol–water partition coefficient (Wildman–Crippen LogP) is 6.47. The number of para-hydroxylation sites is 2. The number of nitrogens with zero attached hydrogens (tertiary/aromatic N) is 2. The van der Waals surface area contributed by atoms with Gasteiger partial charge in [-0.3, -0.25) is 0 Å². The minimum atomic E-state index is -4.62. The second-order valence-corrected chi connectivity index (χ2v) is 7.78. The molecule has 0 radical (unpaired) electrons. The molecule has 0 unspecified atom stereocenters. The van der Waals surface area contributed by atoms with Crippen LogP contribution < -0.4 is 15.4 Å². The molecule has 1 aromatic heterocycles. The van der Waals surface area contributed by atoms with Crippen molar-refractivity contribution in [3.05, 3.63) is 65.9 Å². The first-order chi connectivity index (χ1) is 14.0. The van der Waals surface area contributed by atoms with E-state index in [9.17, 15) is 13.2 Å². The molecule has 3 rings (SSSR count). The number of aryl methyl sites for hydroxylation is 1. The van der Waals surface area contributed by atoms with Gasteiger partial charge in [0.1, 0.15) is 22.7 Å². The summed E-state index contributed by atoms with van der Waals surface area (Å²) in [6.07, 6.45) is -3.86. The molecule has 0 aliphatic heterocycles. The standard InChI is InChI=1S/C22H23F3N4O/c1-14-9-11-15(12-10-14)27-20-26-13-16(22(23,24)25)19(29-20)28-17-7-5-6-8-18(17)30-21(2,3)4/h5-13H,1-4H3,(H2,26,27,28,29). The molecule has 2 N–H and O–H groups in total. The van der Waals surface area contributed by atoms with Crippen LogP contribution in [0.4, 0.5) is 36.3 Å². The predicted molar refractivity (Wildman–Crippen MR) is 112 cm³/mol. The number of alkyl halides is 3. The minimum absolute atomic E-state index is 0.0450. The molecule has 2 aromatic carbocycles. The third-order valence-electron chi connectivity index (χ3n) is 3.96. The fourth-order valence-electron chi connectivity index (χ4n) is 2.63. The summed E-state index contributed by atoms with van der Waals surface area (Å²) < 4.78 is 46.5. The fraction of sp³-hybridized carbons (Fsp3) is 0.273. The molecule has 3 aromatic rings. The summed E-state index contributed by atoms with van der Waals surface area (Å²) in [5.41, 5.74) is 0.615. The molecule has 0 bridgehead atoms. The molecule has 0 fully saturated rings. The van der Waals surface area contributed by atoms with Crippen molar-refractivity contribution in [2.75, 3.05) is 10.6 Å². The van der Waals surface area contributed by atoms with Gasteiger partial charge in [0.05, 0.1) is 5.69 Å². The summed E-state index contributed by atoms with van der Waals surface area (Å²) in [5, 5.41) is 5.70. The highest BCUT2D eigenvalue weighted by Gasteiger charge is 2.35. The zero-order valence-corrected chi connectivity index (χ0v) is 17.1. The lowest BCUT2D eigenvalue weighted by Gasteiger charge is -2.24. The SMILES string of the molecule is Cc1ccc(Nc2ncc(C(F)(F)F)c(Nc3ccccc3OC(C)(C)C)n2)cc1. The van der Waals surface area contributed by atoms with Crippen molar-refractivity contribution < 1.29 is 17.9 Å². The van der Waals surface area contributed by atoms with Gasteiger partial charge < -0.3 is 15.4 Å². The molecule has 0 aliphatic rings. The molecule has 1 heterocycles. The first-order valence-corrected chi connectivity index (χ1v) is 9.34. The molecular weight excluding hydrogens is 393 g/mol. The molecule has 0 atom stereocenters. The summed E-state index contributed by atoms with van der Waals surface area (Å²) in [6.45, 7) is 7.52. The van der Waals surface area contributed by atoms with Crippen molar-refractivity contribution in [1.29, 1.82) is 0 Å². The van der Waals surface area contributed by atoms with E-state index in [1.807, 2.05) is 39.8 Å². The Kier molecular flexibility index (Phi) is 5.87. The summed E-state index contributed by atoms with van der Waals surface area (Å²) in [7, 11) is 0. The van der Waals surface area contributed by atoms with Crippen LogP contribution in [0.3, 0.4) is 0 Å². The largest absolute Gasteiger partial charge is 0.486 e. The Balaban J connectivity index is 1.97. The van der Waals surface area contributed by atoms with E-state index in [1.54, 1.807) is 36.4 Å². The number of hydrogen-bond donors (Lipinski definition) is 2. The maximum absolute atomic E-state index is 13.6. The highest BCUT2D eigenvalue weighted by atomic mass is 19.4. The Morgan fingerprint density at radius 1 is 0.900 bits per heavy atom. The Bertz CT molecular complexity index is 1010. The average molecular weight is 416 g/mol. The highest BCUT2D eigenvalue weighted by molar-refractivity contribution is 5.67. The van der Waals surface area contributed by atoms with Crippen molar-refractivity contribution in [3.63, 3.8) is 0 Å². The smallest absolute Gasteiger partial charge is 0.421 e. The van der Waals surface area contributed by atoms with Gasteiger partial charge in [-0.05, 0) is 52.0 Å². The lowest BCUT2D eigenvalue weighted by Crippen LogP contribution is -2.23. The summed E-state index contributed by atoms with van der Waals surface area (Å²) >= 11 is 0. The average Bonchev–Trinajstić information content (AvgIpc) is 2.63. The van der Waals surface area contributed by atoms with E-state index in [2.05, 4.69) is 20.6 Å². The zero-order valence-electron chi connectivity index (χ0n) is 17.1. The van der Waals surface area contributed by atoms with Crippen LogP contribution in [-0.4, -0.2) is 15.6 Å². The summed E-state index contributed by atoms with van der Waals surface area (Å²) in [4.78, 5) is 7.91. The number of aromatic nitrogens is 2. The molecule has 158 valence electrons. The van der Waals surface area contributed by atoms with Crippen LogP contribution in [-0.2, 0) is 6.18 Å². The monoisotopic (exact) mass is 416 g/mol. The normalized spacial score (nSPS) is 11.8. The topological polar surface area (TPSA) is 59.1 Å². The number of hydrogen-bond acceptors (Lipinski definition) is 5. The Labute approximate surface area is 173 Å². The van der Waals surface area contributed by atoms with Crippen LogP contribution >= 0.6 is 0 Å². The van der Waals surface area contributed by atoms with Gasteiger partial charge in [0.25, 0.3) is 0 Å². The van der Waals surface area contributed by atoms with Gasteiger partial charge in [-0.15, -0.1) is 0 Å². The first kappa shape index (κ1) is 21.4. The number of halogens is 3. The highest BCUT2D eigenvalue weighted by Crippen LogP contribution is 2.37. The van der Waals surface area contributed by atoms with Gasteiger partial charge >= 0.3 is 6.18 Å². The first-order valence-electron chi connectivity index (χ1n) is 9.34. The maximum Gasteiger partial charge on any atom is 0.421 e. The van der Waals surface area contributed by atoms with Gasteiger partial charge in [-0.25, -0.2) is 4.98 Å². The summed E-state index contributed by atoms with van der Waals surface area (Å²) in [5.74, 6) is 0.102. The molecule has 5 nitrogen and oxygen atoms in total. The molecule has 0 aliphatic carbocycles. The second kappa shape index (κ2) is 8.22. The van der Waals surface area contributed by atoms with Gasteiger partial charge in [-0.2, -0.15) is 18.2 Å². The number of benzene rings is 2. The molecule has 0 spiro atoms. The number of rotatable bonds is 5. The van der Waals surface area contributed by atoms with E-state index in [0.29, 0.717) is 17.1 Å². The van der Waals surface area contributed by atoms with E-state index < -0.39 is 17.3 Å². The van der Waals surface area contributed by atoms with Crippen molar-refractivity contribution in [2.45, 2.75) is 39.5 Å². The number of nitrogens with one attached hydrogen (secondary N) is 2. The second-order valence-electron chi connectivity index (χ2n) is 7.78. The summed E-state index contributed by atoms with van der Waals surface area (Å²) in [6, 6.07) is 14.1. The third kappa shape index (κ3) is 5.62. The molecular formula is C22H23F3N4O. The Morgan fingerprint density at radius 3 is 2.20 bits per heavy atom. The molecule has 0 saturated carbocycles. The van der Waals surface area contributed by atoms with Crippen LogP contribution in [0.25, 0.3) is 0 Å². The van der Waals surface area contributed by atoms with Gasteiger partial charge in [0.15, 0.2) is 0 Å². The van der Waals surface area contributed by atoms with Gasteiger partial charge in [0, 0.05) is 11.9 Å². The van der Waals surface area contributed by atoms with E-state index in [-0.39, 0.29) is 11.8 Å². The lowest BCUT2D eigenvalue weighted by molar-refractivity contribution is -0.137. The van der Waals surface area contributed by atoms with E-state index in [0.717, 1.165) is 11.8 Å². The minimum Gasteiger partial charge on any atom is -0.486 e. The van der Waals surface area contributed by atoms with E-state index in [4.69, 9.17) is 4.74 Å². The van der Waals surface area contributed by atoms with Crippen molar-refractivity contribution in [2.24, 2.45) is 0 Å². The van der Waals surface area contributed by atoms with Gasteiger partial charge in [-0.1, -0.05) is 29.8 Å². The molecule has 0 amide bonds. The van der Waals surface area contributed by atoms with Crippen LogP contribution in [0.15, 0.2) is 54.7 Å². The molecule has 0 saturated heterocycles. The van der Waals surface area contributed by atoms with Crippen molar-refractivity contribution in [3.8, 4) is 5.75 Å². The van der Waals surface area contributed by atoms with E-state index in [1.165, 1.54) is 0 Å². The molecule has 30 heavy (non-hydrogen) atoms. The van der Waals surface area contributed by atoms with Gasteiger partial charge in [0.2, 0.25) is 5.95 Å². The maximum atomic E-state index is 13.6. The Morgan fingerprint density at radius 2 is 1.57 bits per heavy atom. The fourth-order valence-corrected chi connectivity index (χ4v) is 2.63. The quantitative estimate of drug-likeness (QED) is 0.499. The third-order valence-corrected chi connectivity index (χ3v) is 3.96. The lowest BCUT2D eigenvalue weighted by atomic mass is 10.2. The number of anilines is 4.